The first-order valence-electron chi connectivity index (χ1n) is 7.88. The van der Waals surface area contributed by atoms with E-state index in [1.807, 2.05) is 6.92 Å². The lowest BCUT2D eigenvalue weighted by Crippen LogP contribution is -2.24. The number of nitrogens with zero attached hydrogens (tertiary/aromatic N) is 1. The van der Waals surface area contributed by atoms with E-state index in [2.05, 4.69) is 0 Å². The lowest BCUT2D eigenvalue weighted by atomic mass is 10.0. The van der Waals surface area contributed by atoms with Gasteiger partial charge in [-0.25, -0.2) is 17.6 Å². The molecule has 5 nitrogen and oxygen atoms in total. The zero-order valence-electron chi connectivity index (χ0n) is 13.9. The van der Waals surface area contributed by atoms with Crippen LogP contribution in [-0.2, 0) is 14.6 Å². The highest BCUT2D eigenvalue weighted by Gasteiger charge is 2.31. The van der Waals surface area contributed by atoms with Crippen LogP contribution in [0.1, 0.15) is 13.3 Å². The lowest BCUT2D eigenvalue weighted by molar-refractivity contribution is 0.139. The van der Waals surface area contributed by atoms with E-state index in [0.29, 0.717) is 29.8 Å². The van der Waals surface area contributed by atoms with Crippen LogP contribution in [0.25, 0.3) is 11.1 Å². The summed E-state index contributed by atoms with van der Waals surface area (Å²) in [5.41, 5.74) is 1.34. The molecule has 132 valence electrons. The van der Waals surface area contributed by atoms with Crippen LogP contribution in [0.5, 0.6) is 0 Å². The number of rotatable bonds is 4. The van der Waals surface area contributed by atoms with Gasteiger partial charge in [0.05, 0.1) is 17.1 Å². The smallest absolute Gasteiger partial charge is 0.414 e. The molecular formula is C18H18FNO4S. The third kappa shape index (κ3) is 3.51. The molecule has 0 saturated carbocycles. The van der Waals surface area contributed by atoms with Gasteiger partial charge in [-0.2, -0.15) is 0 Å². The quantitative estimate of drug-likeness (QED) is 0.832. The molecule has 0 aromatic heterocycles. The molecule has 0 unspecified atom stereocenters. The lowest BCUT2D eigenvalue weighted by Gasteiger charge is -2.14. The van der Waals surface area contributed by atoms with Crippen molar-refractivity contribution in [2.45, 2.75) is 24.3 Å². The summed E-state index contributed by atoms with van der Waals surface area (Å²) < 4.78 is 42.7. The van der Waals surface area contributed by atoms with Gasteiger partial charge in [0.2, 0.25) is 0 Å². The number of carbonyl (C=O) groups excluding carboxylic acids is 1. The highest BCUT2D eigenvalue weighted by molar-refractivity contribution is 7.90. The molecule has 1 fully saturated rings. The predicted molar refractivity (Wildman–Crippen MR) is 92.9 cm³/mol. The Morgan fingerprint density at radius 1 is 1.20 bits per heavy atom. The van der Waals surface area contributed by atoms with Gasteiger partial charge in [0, 0.05) is 11.8 Å². The van der Waals surface area contributed by atoms with Crippen LogP contribution in [0.4, 0.5) is 14.9 Å². The fourth-order valence-corrected chi connectivity index (χ4v) is 3.36. The standard InChI is InChI=1S/C18H18FNO4S/c1-3-14-11-20(18(21)24-14)13-6-9-16(17(19)10-13)12-4-7-15(8-5-12)25(2,22)23/h4-10,14H,3,11H2,1-2H3/t14-/m0/s1. The summed E-state index contributed by atoms with van der Waals surface area (Å²) in [6, 6.07) is 10.5. The van der Waals surface area contributed by atoms with Crippen LogP contribution < -0.4 is 4.90 Å². The van der Waals surface area contributed by atoms with Gasteiger partial charge in [-0.1, -0.05) is 19.1 Å². The molecule has 7 heteroatoms. The fraction of sp³-hybridized carbons (Fsp3) is 0.278. The third-order valence-corrected chi connectivity index (χ3v) is 5.32. The molecule has 0 bridgehead atoms. The first-order valence-corrected chi connectivity index (χ1v) is 9.77. The number of benzene rings is 2. The summed E-state index contributed by atoms with van der Waals surface area (Å²) in [5.74, 6) is -0.489. The average molecular weight is 363 g/mol. The van der Waals surface area contributed by atoms with Crippen molar-refractivity contribution in [3.05, 3.63) is 48.3 Å². The summed E-state index contributed by atoms with van der Waals surface area (Å²) in [5, 5.41) is 0. The Bertz CT molecular complexity index is 909. The number of cyclic esters (lactones) is 1. The number of hydrogen-bond acceptors (Lipinski definition) is 4. The molecule has 1 heterocycles. The Hall–Kier alpha value is -2.41. The minimum absolute atomic E-state index is 0.179. The molecule has 0 aliphatic carbocycles. The first-order chi connectivity index (χ1) is 11.8. The van der Waals surface area contributed by atoms with E-state index in [4.69, 9.17) is 4.74 Å². The van der Waals surface area contributed by atoms with E-state index in [1.165, 1.54) is 23.1 Å². The molecule has 25 heavy (non-hydrogen) atoms. The summed E-state index contributed by atoms with van der Waals surface area (Å²) in [6.07, 6.45) is 1.17. The van der Waals surface area contributed by atoms with Gasteiger partial charge in [0.15, 0.2) is 9.84 Å². The van der Waals surface area contributed by atoms with E-state index in [1.54, 1.807) is 24.3 Å². The van der Waals surface area contributed by atoms with Crippen molar-refractivity contribution in [2.75, 3.05) is 17.7 Å². The molecule has 3 rings (SSSR count). The maximum Gasteiger partial charge on any atom is 0.414 e. The van der Waals surface area contributed by atoms with E-state index in [-0.39, 0.29) is 11.0 Å². The largest absolute Gasteiger partial charge is 0.444 e. The topological polar surface area (TPSA) is 63.7 Å². The molecule has 2 aromatic rings. The van der Waals surface area contributed by atoms with Crippen molar-refractivity contribution in [3.8, 4) is 11.1 Å². The molecule has 1 atom stereocenters. The van der Waals surface area contributed by atoms with Gasteiger partial charge >= 0.3 is 6.09 Å². The Balaban J connectivity index is 1.89. The number of hydrogen-bond donors (Lipinski definition) is 0. The Morgan fingerprint density at radius 2 is 1.88 bits per heavy atom. The Labute approximate surface area is 145 Å². The second-order valence-corrected chi connectivity index (χ2v) is 8.00. The van der Waals surface area contributed by atoms with Crippen molar-refractivity contribution >= 4 is 21.6 Å². The van der Waals surface area contributed by atoms with Crippen LogP contribution >= 0.6 is 0 Å². The predicted octanol–water partition coefficient (Wildman–Crippen LogP) is 3.63. The van der Waals surface area contributed by atoms with Gasteiger partial charge in [-0.15, -0.1) is 0 Å². The number of carbonyl (C=O) groups is 1. The Kier molecular flexibility index (Phi) is 4.51. The van der Waals surface area contributed by atoms with Crippen LogP contribution in [0.3, 0.4) is 0 Å². The molecule has 0 spiro atoms. The van der Waals surface area contributed by atoms with Gasteiger partial charge < -0.3 is 4.74 Å². The van der Waals surface area contributed by atoms with Crippen LogP contribution in [0.15, 0.2) is 47.4 Å². The monoisotopic (exact) mass is 363 g/mol. The minimum atomic E-state index is -3.30. The first kappa shape index (κ1) is 17.4. The van der Waals surface area contributed by atoms with E-state index in [9.17, 15) is 17.6 Å². The van der Waals surface area contributed by atoms with Crippen molar-refractivity contribution in [3.63, 3.8) is 0 Å². The second kappa shape index (κ2) is 6.48. The Morgan fingerprint density at radius 3 is 2.40 bits per heavy atom. The molecule has 1 aliphatic rings. The van der Waals surface area contributed by atoms with E-state index >= 15 is 0 Å². The maximum atomic E-state index is 14.5. The fourth-order valence-electron chi connectivity index (χ4n) is 2.73. The molecule has 0 N–H and O–H groups in total. The number of ether oxygens (including phenoxy) is 1. The summed E-state index contributed by atoms with van der Waals surface area (Å²) in [4.78, 5) is 13.5. The zero-order chi connectivity index (χ0) is 18.2. The van der Waals surface area contributed by atoms with Crippen molar-refractivity contribution in [1.29, 1.82) is 0 Å². The third-order valence-electron chi connectivity index (χ3n) is 4.19. The maximum absolute atomic E-state index is 14.5. The number of halogens is 1. The molecule has 1 saturated heterocycles. The van der Waals surface area contributed by atoms with E-state index < -0.39 is 21.7 Å². The molecule has 1 aliphatic heterocycles. The highest BCUT2D eigenvalue weighted by Crippen LogP contribution is 2.30. The van der Waals surface area contributed by atoms with Gasteiger partial charge in [-0.3, -0.25) is 4.90 Å². The van der Waals surface area contributed by atoms with Gasteiger partial charge in [-0.05, 0) is 42.3 Å². The zero-order valence-corrected chi connectivity index (χ0v) is 14.7. The summed E-state index contributed by atoms with van der Waals surface area (Å²) in [6.45, 7) is 2.32. The number of amides is 1. The molecular weight excluding hydrogens is 345 g/mol. The van der Waals surface area contributed by atoms with Gasteiger partial charge in [0.25, 0.3) is 0 Å². The van der Waals surface area contributed by atoms with Crippen molar-refractivity contribution in [1.82, 2.24) is 0 Å². The van der Waals surface area contributed by atoms with Crippen LogP contribution in [-0.4, -0.2) is 33.4 Å². The molecule has 1 amide bonds. The summed E-state index contributed by atoms with van der Waals surface area (Å²) in [7, 11) is -3.30. The number of anilines is 1. The van der Waals surface area contributed by atoms with Crippen molar-refractivity contribution in [2.24, 2.45) is 0 Å². The molecule has 0 radical (unpaired) electrons. The second-order valence-electron chi connectivity index (χ2n) is 5.99. The SMILES string of the molecule is CC[C@H]1CN(c2ccc(-c3ccc(S(C)(=O)=O)cc3)c(F)c2)C(=O)O1. The van der Waals surface area contributed by atoms with Crippen LogP contribution in [0, 0.1) is 5.82 Å². The summed E-state index contributed by atoms with van der Waals surface area (Å²) >= 11 is 0. The van der Waals surface area contributed by atoms with Crippen molar-refractivity contribution < 1.29 is 22.3 Å². The minimum Gasteiger partial charge on any atom is -0.444 e. The van der Waals surface area contributed by atoms with Gasteiger partial charge in [0.1, 0.15) is 11.9 Å². The van der Waals surface area contributed by atoms with E-state index in [0.717, 1.165) is 6.26 Å². The number of sulfone groups is 1. The average Bonchev–Trinajstić information content (AvgIpc) is 2.95. The normalized spacial score (nSPS) is 17.6. The van der Waals surface area contributed by atoms with Crippen LogP contribution in [0.2, 0.25) is 0 Å². The highest BCUT2D eigenvalue weighted by atomic mass is 32.2. The molecule has 2 aromatic carbocycles.